The van der Waals surface area contributed by atoms with Crippen LogP contribution in [0.1, 0.15) is 33.8 Å². The van der Waals surface area contributed by atoms with Crippen LogP contribution in [0.5, 0.6) is 0 Å². The van der Waals surface area contributed by atoms with Gasteiger partial charge in [0.15, 0.2) is 0 Å². The van der Waals surface area contributed by atoms with Gasteiger partial charge >= 0.3 is 0 Å². The van der Waals surface area contributed by atoms with Crippen molar-refractivity contribution in [1.82, 2.24) is 9.88 Å². The number of likely N-dealkylation sites (N-methyl/N-ethyl adjacent to an activating group) is 1. The van der Waals surface area contributed by atoms with E-state index in [4.69, 9.17) is 4.98 Å². The first-order valence-corrected chi connectivity index (χ1v) is 11.8. The quantitative estimate of drug-likeness (QED) is 0.387. The molecule has 0 N–H and O–H groups in total. The summed E-state index contributed by atoms with van der Waals surface area (Å²) < 4.78 is 13.5. The highest BCUT2D eigenvalue weighted by molar-refractivity contribution is 6.15. The van der Waals surface area contributed by atoms with E-state index in [9.17, 15) is 9.18 Å². The van der Waals surface area contributed by atoms with Gasteiger partial charge in [0.05, 0.1) is 16.8 Å². The zero-order valence-electron chi connectivity index (χ0n) is 19.3. The zero-order valence-corrected chi connectivity index (χ0v) is 19.3. The number of hydrogen-bond donors (Lipinski definition) is 0. The first kappa shape index (κ1) is 21.0. The Hall–Kier alpha value is -3.57. The minimum atomic E-state index is -0.293. The summed E-state index contributed by atoms with van der Waals surface area (Å²) in [6, 6.07) is 22.5. The van der Waals surface area contributed by atoms with E-state index < -0.39 is 0 Å². The molecular weight excluding hydrogens is 425 g/mol. The maximum Gasteiger partial charge on any atom is 0.259 e. The normalized spacial score (nSPS) is 19.8. The number of carbonyl (C=O) groups is 1. The monoisotopic (exact) mass is 451 g/mol. The predicted molar refractivity (Wildman–Crippen MR) is 134 cm³/mol. The minimum Gasteiger partial charge on any atom is -0.306 e. The number of fused-ring (bicyclic) bond motifs is 4. The molecular formula is C29H26FN3O. The molecule has 4 aromatic rings. The van der Waals surface area contributed by atoms with Crippen molar-refractivity contribution in [3.8, 4) is 11.3 Å². The van der Waals surface area contributed by atoms with Gasteiger partial charge in [-0.1, -0.05) is 35.9 Å². The second kappa shape index (κ2) is 8.03. The summed E-state index contributed by atoms with van der Waals surface area (Å²) in [5.74, 6) is 0.0181. The summed E-state index contributed by atoms with van der Waals surface area (Å²) in [4.78, 5) is 23.5. The second-order valence-electron chi connectivity index (χ2n) is 9.54. The molecule has 4 nitrogen and oxygen atoms in total. The molecule has 1 amide bonds. The summed E-state index contributed by atoms with van der Waals surface area (Å²) in [5.41, 5.74) is 6.35. The lowest BCUT2D eigenvalue weighted by atomic mass is 9.88. The Balaban J connectivity index is 1.51. The number of anilines is 1. The number of amides is 1. The van der Waals surface area contributed by atoms with Crippen LogP contribution in [-0.2, 0) is 0 Å². The molecule has 6 rings (SSSR count). The number of halogens is 1. The Bertz CT molecular complexity index is 1420. The van der Waals surface area contributed by atoms with Gasteiger partial charge in [0.2, 0.25) is 0 Å². The Morgan fingerprint density at radius 3 is 2.65 bits per heavy atom. The third kappa shape index (κ3) is 3.39. The number of aryl methyl sites for hydroxylation is 1. The van der Waals surface area contributed by atoms with E-state index in [1.54, 1.807) is 12.1 Å². The molecule has 2 aliphatic heterocycles. The van der Waals surface area contributed by atoms with Gasteiger partial charge in [-0.15, -0.1) is 0 Å². The summed E-state index contributed by atoms with van der Waals surface area (Å²) in [7, 11) is 2.15. The highest BCUT2D eigenvalue weighted by atomic mass is 19.1. The molecule has 3 heterocycles. The summed E-state index contributed by atoms with van der Waals surface area (Å²) in [5, 5.41) is 0.836. The Labute approximate surface area is 198 Å². The zero-order chi connectivity index (χ0) is 23.4. The van der Waals surface area contributed by atoms with Gasteiger partial charge in [-0.05, 0) is 75.0 Å². The molecule has 1 aromatic heterocycles. The van der Waals surface area contributed by atoms with Crippen molar-refractivity contribution in [2.45, 2.75) is 25.3 Å². The maximum atomic E-state index is 14.3. The third-order valence-corrected chi connectivity index (χ3v) is 7.26. The fourth-order valence-electron chi connectivity index (χ4n) is 5.60. The van der Waals surface area contributed by atoms with Crippen LogP contribution in [0.4, 0.5) is 10.1 Å². The van der Waals surface area contributed by atoms with Gasteiger partial charge in [-0.25, -0.2) is 9.37 Å². The first-order valence-electron chi connectivity index (χ1n) is 11.8. The molecule has 34 heavy (non-hydrogen) atoms. The SMILES string of the molecule is Cc1ccc2c(c1)[C@H]1CN(C)CC[C@@H]1N2C(=O)c1cc(-c2ccc(F)cc2)nc2ccccc12. The number of nitrogens with zero attached hydrogens (tertiary/aromatic N) is 3. The van der Waals surface area contributed by atoms with Gasteiger partial charge in [0, 0.05) is 35.1 Å². The molecule has 5 heteroatoms. The molecule has 3 aromatic carbocycles. The molecule has 0 unspecified atom stereocenters. The van der Waals surface area contributed by atoms with Crippen molar-refractivity contribution < 1.29 is 9.18 Å². The Morgan fingerprint density at radius 1 is 1.03 bits per heavy atom. The van der Waals surface area contributed by atoms with Crippen molar-refractivity contribution in [3.63, 3.8) is 0 Å². The van der Waals surface area contributed by atoms with Crippen LogP contribution in [0.3, 0.4) is 0 Å². The molecule has 0 saturated carbocycles. The minimum absolute atomic E-state index is 0.00381. The average Bonchev–Trinajstić information content (AvgIpc) is 3.16. The van der Waals surface area contributed by atoms with E-state index in [-0.39, 0.29) is 17.8 Å². The van der Waals surface area contributed by atoms with Crippen LogP contribution in [0.25, 0.3) is 22.2 Å². The number of carbonyl (C=O) groups excluding carboxylic acids is 1. The fourth-order valence-corrected chi connectivity index (χ4v) is 5.60. The third-order valence-electron chi connectivity index (χ3n) is 7.26. The Morgan fingerprint density at radius 2 is 1.82 bits per heavy atom. The van der Waals surface area contributed by atoms with E-state index in [1.807, 2.05) is 35.2 Å². The second-order valence-corrected chi connectivity index (χ2v) is 9.54. The molecule has 0 spiro atoms. The van der Waals surface area contributed by atoms with Crippen LogP contribution in [-0.4, -0.2) is 42.0 Å². The molecule has 0 radical (unpaired) electrons. The standard InChI is InChI=1S/C29H26FN3O/c1-18-7-12-27-22(15-18)24-17-32(2)14-13-28(24)33(27)29(34)23-16-26(19-8-10-20(30)11-9-19)31-25-6-4-3-5-21(23)25/h3-12,15-16,24,28H,13-14,17H2,1-2H3/t24-,28+/m1/s1. The number of benzene rings is 3. The first-order chi connectivity index (χ1) is 16.5. The van der Waals surface area contributed by atoms with Crippen molar-refractivity contribution in [2.75, 3.05) is 25.0 Å². The molecule has 1 saturated heterocycles. The van der Waals surface area contributed by atoms with Crippen LogP contribution < -0.4 is 4.90 Å². The molecule has 2 aliphatic rings. The number of rotatable bonds is 2. The number of piperidine rings is 1. The molecule has 1 fully saturated rings. The van der Waals surface area contributed by atoms with Crippen LogP contribution >= 0.6 is 0 Å². The number of hydrogen-bond acceptors (Lipinski definition) is 3. The van der Waals surface area contributed by atoms with Crippen LogP contribution in [0.15, 0.2) is 72.8 Å². The molecule has 2 atom stereocenters. The number of aromatic nitrogens is 1. The lowest BCUT2D eigenvalue weighted by Gasteiger charge is -2.36. The van der Waals surface area contributed by atoms with Gasteiger partial charge in [0.25, 0.3) is 5.91 Å². The van der Waals surface area contributed by atoms with E-state index in [0.717, 1.165) is 41.7 Å². The van der Waals surface area contributed by atoms with Gasteiger partial charge in [-0.2, -0.15) is 0 Å². The van der Waals surface area contributed by atoms with Crippen LogP contribution in [0.2, 0.25) is 0 Å². The maximum absolute atomic E-state index is 14.3. The topological polar surface area (TPSA) is 36.4 Å². The highest BCUT2D eigenvalue weighted by Crippen LogP contribution is 2.46. The summed E-state index contributed by atoms with van der Waals surface area (Å²) in [6.07, 6.45) is 0.939. The molecule has 0 aliphatic carbocycles. The predicted octanol–water partition coefficient (Wildman–Crippen LogP) is 5.80. The number of para-hydroxylation sites is 1. The number of pyridine rings is 1. The largest absolute Gasteiger partial charge is 0.306 e. The highest BCUT2D eigenvalue weighted by Gasteiger charge is 2.44. The lowest BCUT2D eigenvalue weighted by Crippen LogP contribution is -2.47. The Kier molecular flexibility index (Phi) is 4.96. The van der Waals surface area contributed by atoms with Crippen molar-refractivity contribution >= 4 is 22.5 Å². The van der Waals surface area contributed by atoms with E-state index in [2.05, 4.69) is 37.1 Å². The smallest absolute Gasteiger partial charge is 0.259 e. The van der Waals surface area contributed by atoms with E-state index in [1.165, 1.54) is 23.3 Å². The van der Waals surface area contributed by atoms with Gasteiger partial charge in [-0.3, -0.25) is 4.79 Å². The van der Waals surface area contributed by atoms with Crippen molar-refractivity contribution in [1.29, 1.82) is 0 Å². The van der Waals surface area contributed by atoms with E-state index in [0.29, 0.717) is 17.2 Å². The van der Waals surface area contributed by atoms with Gasteiger partial charge in [0.1, 0.15) is 5.82 Å². The average molecular weight is 452 g/mol. The lowest BCUT2D eigenvalue weighted by molar-refractivity contribution is 0.0966. The molecule has 0 bridgehead atoms. The van der Waals surface area contributed by atoms with Gasteiger partial charge < -0.3 is 9.80 Å². The summed E-state index contributed by atoms with van der Waals surface area (Å²) in [6.45, 7) is 4.02. The fraction of sp³-hybridized carbons (Fsp3) is 0.241. The van der Waals surface area contributed by atoms with Crippen molar-refractivity contribution in [2.24, 2.45) is 0 Å². The summed E-state index contributed by atoms with van der Waals surface area (Å²) >= 11 is 0. The molecule has 170 valence electrons. The van der Waals surface area contributed by atoms with Crippen molar-refractivity contribution in [3.05, 3.63) is 95.3 Å². The van der Waals surface area contributed by atoms with Crippen LogP contribution in [0, 0.1) is 12.7 Å². The number of likely N-dealkylation sites (tertiary alicyclic amines) is 1. The van der Waals surface area contributed by atoms with E-state index >= 15 is 0 Å².